The van der Waals surface area contributed by atoms with Crippen LogP contribution in [0.3, 0.4) is 0 Å². The summed E-state index contributed by atoms with van der Waals surface area (Å²) in [6, 6.07) is 17.9. The molecule has 2 rings (SSSR count). The van der Waals surface area contributed by atoms with Crippen molar-refractivity contribution in [1.82, 2.24) is 14.3 Å². The van der Waals surface area contributed by atoms with Gasteiger partial charge < -0.3 is 36.3 Å². The Morgan fingerprint density at radius 3 is 0.957 bits per heavy atom. The van der Waals surface area contributed by atoms with E-state index in [0.717, 1.165) is 38.4 Å². The number of halogens is 12. The minimum atomic E-state index is -10.7. The molecule has 0 aliphatic carbocycles. The Labute approximate surface area is 294 Å². The number of nitrogens with two attached hydrogens (primary N) is 1. The van der Waals surface area contributed by atoms with E-state index in [0.29, 0.717) is 0 Å². The predicted octanol–water partition coefficient (Wildman–Crippen LogP) is 10.4. The summed E-state index contributed by atoms with van der Waals surface area (Å²) in [6.45, 7) is 6.21. The van der Waals surface area contributed by atoms with Crippen molar-refractivity contribution in [2.45, 2.75) is 23.6 Å². The van der Waals surface area contributed by atoms with Gasteiger partial charge in [0.05, 0.1) is 48.4 Å². The van der Waals surface area contributed by atoms with Crippen molar-refractivity contribution in [3.63, 3.8) is 0 Å². The van der Waals surface area contributed by atoms with E-state index in [1.165, 1.54) is 18.3 Å². The minimum absolute atomic E-state index is 0. The molecule has 0 unspecified atom stereocenters. The predicted molar refractivity (Wildman–Crippen MR) is 169 cm³/mol. The average Bonchev–Trinajstić information content (AvgIpc) is 2.74. The number of hydrogen-bond donors (Lipinski definition) is 2. The van der Waals surface area contributed by atoms with E-state index in [2.05, 4.69) is 78.8 Å². The van der Waals surface area contributed by atoms with Crippen LogP contribution in [0.1, 0.15) is 13.8 Å². The maximum atomic E-state index is 9.87. The number of rotatable bonds is 5. The van der Waals surface area contributed by atoms with E-state index in [1.54, 1.807) is 6.07 Å². The van der Waals surface area contributed by atoms with Crippen LogP contribution in [0.2, 0.25) is 0 Å². The van der Waals surface area contributed by atoms with Crippen molar-refractivity contribution in [3.05, 3.63) is 48.5 Å². The van der Waals surface area contributed by atoms with Crippen LogP contribution in [-0.2, 0) is 52.9 Å². The summed E-state index contributed by atoms with van der Waals surface area (Å²) in [7, 11) is -8.49. The summed E-state index contributed by atoms with van der Waals surface area (Å²) in [4.78, 5) is 1.81. The third kappa shape index (κ3) is 65.7. The van der Waals surface area contributed by atoms with E-state index < -0.39 is 15.6 Å². The third-order valence-corrected chi connectivity index (χ3v) is 4.34. The summed E-state index contributed by atoms with van der Waals surface area (Å²) in [5.74, 6) is 0. The van der Waals surface area contributed by atoms with Crippen LogP contribution in [0.5, 0.6) is 0 Å². The summed E-state index contributed by atoms with van der Waals surface area (Å²) >= 11 is 9.98. The summed E-state index contributed by atoms with van der Waals surface area (Å²) in [5.41, 5.74) is 7.71. The second-order valence-corrected chi connectivity index (χ2v) is 15.1. The molecule has 0 aromatic heterocycles. The minimum Gasteiger partial charge on any atom is 2.00 e. The first-order valence-electron chi connectivity index (χ1n) is 12.3. The van der Waals surface area contributed by atoms with Gasteiger partial charge in [0.2, 0.25) is 0 Å². The number of hydrogen-bond acceptors (Lipinski definition) is 5. The van der Waals surface area contributed by atoms with Gasteiger partial charge in [0.1, 0.15) is 11.4 Å². The number of quaternary nitrogens is 2. The Kier molecular flexibility index (Phi) is 22.3. The van der Waals surface area contributed by atoms with E-state index in [4.69, 9.17) is 36.3 Å². The number of nitriles is 1. The molecule has 5 nitrogen and oxygen atoms in total. The van der Waals surface area contributed by atoms with Gasteiger partial charge in [-0.05, 0) is 30.8 Å². The largest absolute Gasteiger partial charge is 2.00 e. The Morgan fingerprint density at radius 2 is 0.848 bits per heavy atom. The Morgan fingerprint density at radius 1 is 0.652 bits per heavy atom. The van der Waals surface area contributed by atoms with Crippen LogP contribution in [0.25, 0.3) is 0 Å². The SMILES string of the molecule is CC#N.CCNCCN.C[N+](C)(C)c1ccc([S-])cc1.C[N+](C)(C)c1ccc([S-])cc1.F[P-](F)(F)(F)(F)F.F[P-](F)(F)(F)(F)F.[Hg+2]. The van der Waals surface area contributed by atoms with Gasteiger partial charge in [-0.3, -0.25) is 8.97 Å². The van der Waals surface area contributed by atoms with Gasteiger partial charge in [-0.15, -0.1) is 0 Å². The number of benzene rings is 2. The molecule has 2 aromatic carbocycles. The zero-order valence-corrected chi connectivity index (χ0v) is 35.5. The molecule has 0 spiro atoms. The van der Waals surface area contributed by atoms with Gasteiger partial charge in [0.15, 0.2) is 0 Å². The van der Waals surface area contributed by atoms with Crippen molar-refractivity contribution in [3.8, 4) is 6.07 Å². The first-order valence-corrected chi connectivity index (χ1v) is 17.1. The Balaban J connectivity index is -0.000000151. The molecule has 0 saturated heterocycles. The van der Waals surface area contributed by atoms with Crippen molar-refractivity contribution in [2.24, 2.45) is 5.73 Å². The molecule has 22 heteroatoms. The molecule has 0 bridgehead atoms. The van der Waals surface area contributed by atoms with Crippen LogP contribution >= 0.6 is 15.6 Å². The van der Waals surface area contributed by atoms with E-state index in [9.17, 15) is 50.4 Å². The second-order valence-electron chi connectivity index (χ2n) is 10.3. The van der Waals surface area contributed by atoms with Crippen LogP contribution in [0, 0.1) is 11.3 Å². The van der Waals surface area contributed by atoms with Crippen molar-refractivity contribution in [2.75, 3.05) is 61.9 Å². The standard InChI is InChI=1S/2C9H13NS.C4H12N2.C2H3N.2F6P.Hg/c2*1-10(2,3)8-4-6-9(11)7-5-8;1-2-6-4-3-5;1-2-3;2*1-7(2,3,4,5)6;/h2*4-7H,1-3H3;6H,2-5H2,1H3;1H3;;;/q;;;;2*-1;+2. The topological polar surface area (TPSA) is 61.8 Å². The molecule has 46 heavy (non-hydrogen) atoms. The van der Waals surface area contributed by atoms with E-state index in [1.807, 2.05) is 24.3 Å². The second kappa shape index (κ2) is 18.8. The fourth-order valence-corrected chi connectivity index (χ4v) is 2.34. The van der Waals surface area contributed by atoms with Crippen molar-refractivity contribution < 1.29 is 78.0 Å². The molecular formula is C24H41F12HgN5P2S2. The van der Waals surface area contributed by atoms with Gasteiger partial charge in [-0.25, -0.2) is 0 Å². The molecule has 0 atom stereocenters. The molecule has 0 heterocycles. The summed E-state index contributed by atoms with van der Waals surface area (Å²) in [6.07, 6.45) is 0. The van der Waals surface area contributed by atoms with Crippen LogP contribution in [0.15, 0.2) is 58.3 Å². The molecule has 0 fully saturated rings. The van der Waals surface area contributed by atoms with Gasteiger partial charge >= 0.3 is 93.6 Å². The molecule has 3 N–H and O–H groups in total. The molecule has 0 amide bonds. The average molecular weight is 954 g/mol. The first kappa shape index (κ1) is 54.6. The van der Waals surface area contributed by atoms with Gasteiger partial charge in [-0.1, -0.05) is 31.2 Å². The molecular weight excluding hydrogens is 913 g/mol. The fraction of sp³-hybridized carbons (Fsp3) is 0.458. The van der Waals surface area contributed by atoms with Crippen LogP contribution in [0.4, 0.5) is 61.7 Å². The van der Waals surface area contributed by atoms with Gasteiger partial charge in [-0.2, -0.15) is 15.1 Å². The molecule has 270 valence electrons. The van der Waals surface area contributed by atoms with Crippen LogP contribution in [-0.4, -0.2) is 61.9 Å². The third-order valence-electron chi connectivity index (χ3n) is 3.79. The quantitative estimate of drug-likeness (QED) is 0.0781. The maximum absolute atomic E-state index is 10.7. The molecule has 2 aromatic rings. The number of likely N-dealkylation sites (N-methyl/N-ethyl adjacent to an activating group) is 1. The zero-order valence-electron chi connectivity index (χ0n) is 26.6. The normalized spacial score (nSPS) is 13.9. The monoisotopic (exact) mass is 955 g/mol. The zero-order chi connectivity index (χ0) is 37.3. The van der Waals surface area contributed by atoms with Crippen molar-refractivity contribution in [1.29, 1.82) is 5.26 Å². The molecule has 0 saturated carbocycles. The number of nitrogens with zero attached hydrogens (tertiary/aromatic N) is 3. The van der Waals surface area contributed by atoms with E-state index >= 15 is 0 Å². The molecule has 0 aliphatic heterocycles. The summed E-state index contributed by atoms with van der Waals surface area (Å²) < 4.78 is 120. The fourth-order valence-electron chi connectivity index (χ4n) is 2.07. The van der Waals surface area contributed by atoms with Gasteiger partial charge in [0.25, 0.3) is 0 Å². The Hall–Kier alpha value is -0.835. The van der Waals surface area contributed by atoms with Crippen LogP contribution < -0.4 is 20.0 Å². The molecule has 0 aliphatic rings. The van der Waals surface area contributed by atoms with Crippen molar-refractivity contribution >= 4 is 52.2 Å². The Bertz CT molecular complexity index is 1040. The first-order chi connectivity index (χ1) is 19.2. The number of nitrogens with one attached hydrogen (secondary N) is 1. The van der Waals surface area contributed by atoms with E-state index in [-0.39, 0.29) is 27.7 Å². The maximum Gasteiger partial charge on any atom is 2.00 e. The summed E-state index contributed by atoms with van der Waals surface area (Å²) in [5, 5.41) is 10.4. The van der Waals surface area contributed by atoms with Gasteiger partial charge in [0, 0.05) is 20.0 Å². The smallest absolute Gasteiger partial charge is 2.00 e. The molecule has 0 radical (unpaired) electrons.